The lowest BCUT2D eigenvalue weighted by atomic mass is 9.81. The molecule has 2 aromatic carbocycles. The lowest BCUT2D eigenvalue weighted by Crippen LogP contribution is -2.22. The Morgan fingerprint density at radius 2 is 1.74 bits per heavy atom. The minimum atomic E-state index is -0.333. The molecule has 0 spiro atoms. The van der Waals surface area contributed by atoms with E-state index in [0.717, 1.165) is 0 Å². The maximum absolute atomic E-state index is 12.5. The van der Waals surface area contributed by atoms with Gasteiger partial charge < -0.3 is 10.8 Å². The third-order valence-corrected chi connectivity index (χ3v) is 3.34. The van der Waals surface area contributed by atoms with Gasteiger partial charge in [0, 0.05) is 22.4 Å². The molecule has 4 nitrogen and oxygen atoms in total. The number of hydrogen-bond acceptors (Lipinski definition) is 4. The number of phenolic OH excluding ortho intramolecular Hbond substituents is 1. The molecule has 0 fully saturated rings. The Hall–Kier alpha value is -2.62. The second-order valence-electron chi connectivity index (χ2n) is 4.62. The normalized spacial score (nSPS) is 13.1. The quantitative estimate of drug-likeness (QED) is 0.601. The summed E-state index contributed by atoms with van der Waals surface area (Å²) in [6.45, 7) is 1.73. The van der Waals surface area contributed by atoms with Gasteiger partial charge in [-0.25, -0.2) is 0 Å². The van der Waals surface area contributed by atoms with Gasteiger partial charge in [0.15, 0.2) is 11.6 Å². The van der Waals surface area contributed by atoms with Crippen LogP contribution in [0.3, 0.4) is 0 Å². The molecule has 0 amide bonds. The molecule has 0 aromatic heterocycles. The first-order valence-corrected chi connectivity index (χ1v) is 5.82. The summed E-state index contributed by atoms with van der Waals surface area (Å²) in [4.78, 5) is 24.8. The summed E-state index contributed by atoms with van der Waals surface area (Å²) in [5, 5.41) is 9.82. The average molecular weight is 253 g/mol. The van der Waals surface area contributed by atoms with Crippen molar-refractivity contribution in [3.8, 4) is 5.75 Å². The van der Waals surface area contributed by atoms with Gasteiger partial charge in [-0.2, -0.15) is 0 Å². The van der Waals surface area contributed by atoms with Crippen LogP contribution in [0.25, 0.3) is 0 Å². The van der Waals surface area contributed by atoms with E-state index in [1.165, 1.54) is 18.2 Å². The topological polar surface area (TPSA) is 80.4 Å². The van der Waals surface area contributed by atoms with Crippen molar-refractivity contribution in [2.45, 2.75) is 6.92 Å². The lowest BCUT2D eigenvalue weighted by Gasteiger charge is -2.20. The molecule has 3 rings (SSSR count). The summed E-state index contributed by atoms with van der Waals surface area (Å²) in [5.74, 6) is -0.783. The van der Waals surface area contributed by atoms with Crippen molar-refractivity contribution in [1.29, 1.82) is 0 Å². The number of nitrogen functional groups attached to an aromatic ring is 1. The van der Waals surface area contributed by atoms with Gasteiger partial charge in [0.2, 0.25) is 0 Å². The number of carbonyl (C=O) groups is 2. The van der Waals surface area contributed by atoms with E-state index in [4.69, 9.17) is 5.73 Å². The van der Waals surface area contributed by atoms with Crippen molar-refractivity contribution in [2.24, 2.45) is 0 Å². The summed E-state index contributed by atoms with van der Waals surface area (Å²) in [5.41, 5.74) is 7.75. The smallest absolute Gasteiger partial charge is 0.198 e. The molecular formula is C15H11NO3. The van der Waals surface area contributed by atoms with Crippen LogP contribution >= 0.6 is 0 Å². The molecular weight excluding hydrogens is 242 g/mol. The predicted octanol–water partition coefficient (Wildman–Crippen LogP) is 2.06. The van der Waals surface area contributed by atoms with E-state index < -0.39 is 0 Å². The highest BCUT2D eigenvalue weighted by atomic mass is 16.3. The van der Waals surface area contributed by atoms with Gasteiger partial charge in [-0.05, 0) is 30.7 Å². The number of anilines is 1. The first-order chi connectivity index (χ1) is 9.00. The Labute approximate surface area is 109 Å². The van der Waals surface area contributed by atoms with Gasteiger partial charge in [-0.15, -0.1) is 0 Å². The highest BCUT2D eigenvalue weighted by molar-refractivity contribution is 6.30. The number of ketones is 2. The molecule has 1 aliphatic rings. The van der Waals surface area contributed by atoms with E-state index in [1.54, 1.807) is 19.1 Å². The minimum absolute atomic E-state index is 0.0767. The van der Waals surface area contributed by atoms with Crippen LogP contribution in [-0.4, -0.2) is 16.7 Å². The number of nitrogens with two attached hydrogens (primary N) is 1. The molecule has 0 unspecified atom stereocenters. The molecule has 3 N–H and O–H groups in total. The fourth-order valence-electron chi connectivity index (χ4n) is 2.53. The number of fused-ring (bicyclic) bond motifs is 2. The summed E-state index contributed by atoms with van der Waals surface area (Å²) in [6, 6.07) is 7.65. The zero-order valence-corrected chi connectivity index (χ0v) is 10.2. The molecule has 0 saturated heterocycles. The first-order valence-electron chi connectivity index (χ1n) is 5.82. The molecule has 1 aliphatic carbocycles. The Morgan fingerprint density at radius 1 is 1.00 bits per heavy atom. The summed E-state index contributed by atoms with van der Waals surface area (Å²) < 4.78 is 0. The summed E-state index contributed by atoms with van der Waals surface area (Å²) in [6.07, 6.45) is 0. The molecule has 2 aromatic rings. The van der Waals surface area contributed by atoms with Gasteiger partial charge in [0.05, 0.1) is 5.56 Å². The van der Waals surface area contributed by atoms with Crippen LogP contribution in [0.2, 0.25) is 0 Å². The van der Waals surface area contributed by atoms with E-state index in [2.05, 4.69) is 0 Å². The average Bonchev–Trinajstić information content (AvgIpc) is 2.34. The zero-order chi connectivity index (χ0) is 13.7. The van der Waals surface area contributed by atoms with Crippen molar-refractivity contribution in [3.63, 3.8) is 0 Å². The minimum Gasteiger partial charge on any atom is -0.507 e. The molecule has 4 heteroatoms. The highest BCUT2D eigenvalue weighted by Crippen LogP contribution is 2.34. The maximum Gasteiger partial charge on any atom is 0.198 e. The predicted molar refractivity (Wildman–Crippen MR) is 70.6 cm³/mol. The Morgan fingerprint density at radius 3 is 2.47 bits per heavy atom. The molecule has 94 valence electrons. The van der Waals surface area contributed by atoms with Crippen LogP contribution in [0.5, 0.6) is 5.75 Å². The van der Waals surface area contributed by atoms with E-state index in [0.29, 0.717) is 22.4 Å². The van der Waals surface area contributed by atoms with Gasteiger partial charge in [-0.3, -0.25) is 9.59 Å². The fraction of sp³-hybridized carbons (Fsp3) is 0.0667. The molecule has 0 aliphatic heterocycles. The van der Waals surface area contributed by atoms with Gasteiger partial charge >= 0.3 is 0 Å². The summed E-state index contributed by atoms with van der Waals surface area (Å²) >= 11 is 0. The maximum atomic E-state index is 12.5. The Balaban J connectivity index is 2.40. The van der Waals surface area contributed by atoms with Crippen molar-refractivity contribution >= 4 is 17.3 Å². The highest BCUT2D eigenvalue weighted by Gasteiger charge is 2.33. The van der Waals surface area contributed by atoms with Gasteiger partial charge in [0.1, 0.15) is 5.75 Å². The van der Waals surface area contributed by atoms with Crippen molar-refractivity contribution in [3.05, 3.63) is 58.1 Å². The number of phenols is 1. The van der Waals surface area contributed by atoms with Crippen molar-refractivity contribution in [2.75, 3.05) is 5.73 Å². The summed E-state index contributed by atoms with van der Waals surface area (Å²) in [7, 11) is 0. The van der Waals surface area contributed by atoms with Gasteiger partial charge in [0.25, 0.3) is 0 Å². The first kappa shape index (κ1) is 11.5. The van der Waals surface area contributed by atoms with Crippen LogP contribution in [0.4, 0.5) is 5.69 Å². The van der Waals surface area contributed by atoms with Crippen LogP contribution in [-0.2, 0) is 0 Å². The second kappa shape index (κ2) is 3.68. The number of benzene rings is 2. The van der Waals surface area contributed by atoms with Crippen LogP contribution in [0.15, 0.2) is 30.3 Å². The van der Waals surface area contributed by atoms with E-state index in [-0.39, 0.29) is 28.4 Å². The van der Waals surface area contributed by atoms with E-state index >= 15 is 0 Å². The van der Waals surface area contributed by atoms with Crippen molar-refractivity contribution < 1.29 is 14.7 Å². The third-order valence-electron chi connectivity index (χ3n) is 3.34. The van der Waals surface area contributed by atoms with Crippen LogP contribution in [0, 0.1) is 6.92 Å². The standard InChI is InChI=1S/C15H11NO3/c1-7-5-8(16)6-10-12(7)15(19)13-9(14(10)18)3-2-4-11(13)17/h2-6,17H,16H2,1H3. The zero-order valence-electron chi connectivity index (χ0n) is 10.2. The number of rotatable bonds is 0. The Kier molecular flexibility index (Phi) is 2.22. The van der Waals surface area contributed by atoms with E-state index in [9.17, 15) is 14.7 Å². The molecule has 0 bridgehead atoms. The number of hydrogen-bond donors (Lipinski definition) is 2. The largest absolute Gasteiger partial charge is 0.507 e. The van der Waals surface area contributed by atoms with Gasteiger partial charge in [-0.1, -0.05) is 12.1 Å². The van der Waals surface area contributed by atoms with Crippen LogP contribution < -0.4 is 5.73 Å². The second-order valence-corrected chi connectivity index (χ2v) is 4.62. The number of aromatic hydroxyl groups is 1. The molecule has 0 atom stereocenters. The number of aryl methyl sites for hydroxylation is 1. The SMILES string of the molecule is Cc1cc(N)cc2c1C(=O)c1c(O)cccc1C2=O. The van der Waals surface area contributed by atoms with Crippen molar-refractivity contribution in [1.82, 2.24) is 0 Å². The fourth-order valence-corrected chi connectivity index (χ4v) is 2.53. The lowest BCUT2D eigenvalue weighted by molar-refractivity contribution is 0.0976. The number of carbonyl (C=O) groups excluding carboxylic acids is 2. The molecule has 19 heavy (non-hydrogen) atoms. The molecule has 0 saturated carbocycles. The third kappa shape index (κ3) is 1.46. The van der Waals surface area contributed by atoms with E-state index in [1.807, 2.05) is 0 Å². The molecule has 0 heterocycles. The Bertz CT molecular complexity index is 747. The molecule has 0 radical (unpaired) electrons. The van der Waals surface area contributed by atoms with Crippen LogP contribution in [0.1, 0.15) is 37.4 Å². The monoisotopic (exact) mass is 253 g/mol.